The van der Waals surface area contributed by atoms with E-state index in [1.54, 1.807) is 6.92 Å². The molecule has 0 spiro atoms. The van der Waals surface area contributed by atoms with Crippen molar-refractivity contribution < 1.29 is 18.7 Å². The molecular formula is C16H21F2N3O2. The fourth-order valence-corrected chi connectivity index (χ4v) is 1.49. The smallest absolute Gasteiger partial charge is 0.274 e. The predicted molar refractivity (Wildman–Crippen MR) is 85.8 cm³/mol. The summed E-state index contributed by atoms with van der Waals surface area (Å²) in [4.78, 5) is 19.9. The highest BCUT2D eigenvalue weighted by molar-refractivity contribution is 6.03. The van der Waals surface area contributed by atoms with Crippen LogP contribution in [0, 0.1) is 5.92 Å². The summed E-state index contributed by atoms with van der Waals surface area (Å²) in [6.45, 7) is 8.03. The molecular weight excluding hydrogens is 304 g/mol. The monoisotopic (exact) mass is 325 g/mol. The lowest BCUT2D eigenvalue weighted by atomic mass is 10.1. The van der Waals surface area contributed by atoms with Gasteiger partial charge in [0.25, 0.3) is 11.8 Å². The summed E-state index contributed by atoms with van der Waals surface area (Å²) in [5.74, 6) is -4.18. The Morgan fingerprint density at radius 1 is 1.43 bits per heavy atom. The van der Waals surface area contributed by atoms with Crippen molar-refractivity contribution in [2.75, 3.05) is 5.32 Å². The SMILES string of the molecule is C/C(=C\N=C(/C)C(C)C)C(=O)Nc1cc(C(C)(F)F)c(O)cn1. The second-order valence-electron chi connectivity index (χ2n) is 5.67. The third-order valence-corrected chi connectivity index (χ3v) is 3.25. The van der Waals surface area contributed by atoms with Crippen LogP contribution in [-0.4, -0.2) is 21.7 Å². The standard InChI is InChI=1S/C16H21F2N3O2/c1-9(2)11(4)19-7-10(3)15(23)21-14-6-12(16(5,17)18)13(22)8-20-14/h6-9,22H,1-5H3,(H,20,21,23)/b10-7+,19-11+. The van der Waals surface area contributed by atoms with Crippen molar-refractivity contribution in [3.8, 4) is 5.75 Å². The van der Waals surface area contributed by atoms with Gasteiger partial charge in [-0.3, -0.25) is 9.79 Å². The molecule has 0 aliphatic rings. The van der Waals surface area contributed by atoms with E-state index < -0.39 is 23.1 Å². The summed E-state index contributed by atoms with van der Waals surface area (Å²) < 4.78 is 26.7. The molecule has 2 N–H and O–H groups in total. The molecule has 1 aromatic rings. The molecule has 7 heteroatoms. The molecule has 0 unspecified atom stereocenters. The molecule has 0 saturated carbocycles. The number of nitrogens with one attached hydrogen (secondary N) is 1. The number of amides is 1. The number of aromatic hydroxyl groups is 1. The average molecular weight is 325 g/mol. The number of aromatic nitrogens is 1. The molecule has 1 rings (SSSR count). The zero-order valence-corrected chi connectivity index (χ0v) is 13.8. The largest absolute Gasteiger partial charge is 0.506 e. The summed E-state index contributed by atoms with van der Waals surface area (Å²) in [7, 11) is 0. The van der Waals surface area contributed by atoms with Crippen molar-refractivity contribution in [2.45, 2.75) is 40.5 Å². The Morgan fingerprint density at radius 2 is 2.04 bits per heavy atom. The first-order valence-electron chi connectivity index (χ1n) is 7.12. The number of alkyl halides is 2. The van der Waals surface area contributed by atoms with Gasteiger partial charge in [-0.25, -0.2) is 13.8 Å². The fourth-order valence-electron chi connectivity index (χ4n) is 1.49. The van der Waals surface area contributed by atoms with E-state index in [4.69, 9.17) is 0 Å². The second kappa shape index (κ2) is 7.30. The van der Waals surface area contributed by atoms with Crippen molar-refractivity contribution in [3.05, 3.63) is 29.6 Å². The lowest BCUT2D eigenvalue weighted by Crippen LogP contribution is -2.15. The van der Waals surface area contributed by atoms with Crippen molar-refractivity contribution >= 4 is 17.4 Å². The number of halogens is 2. The molecule has 1 heterocycles. The molecule has 0 atom stereocenters. The summed E-state index contributed by atoms with van der Waals surface area (Å²) in [5.41, 5.74) is 0.579. The Bertz CT molecular complexity index is 647. The number of nitrogens with zero attached hydrogens (tertiary/aromatic N) is 2. The minimum atomic E-state index is -3.24. The van der Waals surface area contributed by atoms with Crippen LogP contribution < -0.4 is 5.32 Å². The first-order valence-corrected chi connectivity index (χ1v) is 7.12. The van der Waals surface area contributed by atoms with Gasteiger partial charge in [-0.1, -0.05) is 13.8 Å². The third-order valence-electron chi connectivity index (χ3n) is 3.25. The molecule has 0 saturated heterocycles. The van der Waals surface area contributed by atoms with Gasteiger partial charge in [-0.15, -0.1) is 0 Å². The Balaban J connectivity index is 2.94. The van der Waals surface area contributed by atoms with E-state index in [0.717, 1.165) is 18.0 Å². The van der Waals surface area contributed by atoms with Crippen LogP contribution in [0.15, 0.2) is 29.0 Å². The minimum absolute atomic E-state index is 0.0679. The number of carbonyl (C=O) groups excluding carboxylic acids is 1. The van der Waals surface area contributed by atoms with Crippen LogP contribution in [0.25, 0.3) is 0 Å². The fraction of sp³-hybridized carbons (Fsp3) is 0.438. The van der Waals surface area contributed by atoms with Crippen molar-refractivity contribution in [3.63, 3.8) is 0 Å². The highest BCUT2D eigenvalue weighted by atomic mass is 19.3. The maximum atomic E-state index is 13.3. The van der Waals surface area contributed by atoms with Crippen LogP contribution in [0.1, 0.15) is 40.2 Å². The van der Waals surface area contributed by atoms with E-state index >= 15 is 0 Å². The molecule has 0 radical (unpaired) electrons. The van der Waals surface area contributed by atoms with Gasteiger partial charge in [-0.2, -0.15) is 0 Å². The van der Waals surface area contributed by atoms with Gasteiger partial charge < -0.3 is 10.4 Å². The van der Waals surface area contributed by atoms with Gasteiger partial charge in [0.05, 0.1) is 11.8 Å². The highest BCUT2D eigenvalue weighted by Gasteiger charge is 2.28. The van der Waals surface area contributed by atoms with Gasteiger partial charge in [0, 0.05) is 24.4 Å². The van der Waals surface area contributed by atoms with E-state index in [1.165, 1.54) is 6.20 Å². The molecule has 23 heavy (non-hydrogen) atoms. The Hall–Kier alpha value is -2.31. The van der Waals surface area contributed by atoms with Crippen LogP contribution >= 0.6 is 0 Å². The van der Waals surface area contributed by atoms with Crippen LogP contribution in [0.5, 0.6) is 5.75 Å². The van der Waals surface area contributed by atoms with Gasteiger partial charge in [-0.05, 0) is 25.8 Å². The lowest BCUT2D eigenvalue weighted by molar-refractivity contribution is -0.112. The quantitative estimate of drug-likeness (QED) is 0.637. The molecule has 1 amide bonds. The van der Waals surface area contributed by atoms with Crippen LogP contribution in [0.4, 0.5) is 14.6 Å². The molecule has 0 bridgehead atoms. The minimum Gasteiger partial charge on any atom is -0.506 e. The van der Waals surface area contributed by atoms with Crippen molar-refractivity contribution in [1.82, 2.24) is 4.98 Å². The van der Waals surface area contributed by atoms with Crippen molar-refractivity contribution in [2.24, 2.45) is 10.9 Å². The summed E-state index contributed by atoms with van der Waals surface area (Å²) in [5, 5.41) is 11.8. The normalized spacial score (nSPS) is 13.4. The Kier molecular flexibility index (Phi) is 5.95. The van der Waals surface area contributed by atoms with Gasteiger partial charge in [0.2, 0.25) is 0 Å². The van der Waals surface area contributed by atoms with Crippen LogP contribution in [0.3, 0.4) is 0 Å². The van der Waals surface area contributed by atoms with Crippen LogP contribution in [-0.2, 0) is 10.7 Å². The summed E-state index contributed by atoms with van der Waals surface area (Å²) in [6, 6.07) is 0.948. The van der Waals surface area contributed by atoms with Gasteiger partial charge >= 0.3 is 0 Å². The molecule has 1 aromatic heterocycles. The van der Waals surface area contributed by atoms with Gasteiger partial charge in [0.15, 0.2) is 0 Å². The number of carbonyl (C=O) groups is 1. The van der Waals surface area contributed by atoms with Crippen LogP contribution in [0.2, 0.25) is 0 Å². The molecule has 0 aromatic carbocycles. The first-order chi connectivity index (χ1) is 10.5. The average Bonchev–Trinajstić information content (AvgIpc) is 2.44. The first kappa shape index (κ1) is 18.7. The number of hydrogen-bond donors (Lipinski definition) is 2. The molecule has 0 fully saturated rings. The van der Waals surface area contributed by atoms with Gasteiger partial charge in [0.1, 0.15) is 11.6 Å². The van der Waals surface area contributed by atoms with E-state index in [-0.39, 0.29) is 11.7 Å². The second-order valence-corrected chi connectivity index (χ2v) is 5.67. The highest BCUT2D eigenvalue weighted by Crippen LogP contribution is 2.34. The predicted octanol–water partition coefficient (Wildman–Crippen LogP) is 3.86. The number of anilines is 1. The number of rotatable bonds is 5. The zero-order valence-electron chi connectivity index (χ0n) is 13.8. The topological polar surface area (TPSA) is 74.6 Å². The maximum absolute atomic E-state index is 13.3. The lowest BCUT2D eigenvalue weighted by Gasteiger charge is -2.13. The van der Waals surface area contributed by atoms with E-state index in [1.807, 2.05) is 20.8 Å². The Morgan fingerprint density at radius 3 is 2.57 bits per heavy atom. The molecule has 126 valence electrons. The summed E-state index contributed by atoms with van der Waals surface area (Å²) >= 11 is 0. The maximum Gasteiger partial charge on any atom is 0.274 e. The van der Waals surface area contributed by atoms with E-state index in [2.05, 4.69) is 15.3 Å². The van der Waals surface area contributed by atoms with Crippen molar-refractivity contribution in [1.29, 1.82) is 0 Å². The number of pyridine rings is 1. The molecule has 0 aliphatic heterocycles. The molecule has 0 aliphatic carbocycles. The third kappa shape index (κ3) is 5.43. The zero-order chi connectivity index (χ0) is 17.8. The van der Waals surface area contributed by atoms with E-state index in [0.29, 0.717) is 12.5 Å². The number of hydrogen-bond acceptors (Lipinski definition) is 4. The Labute approximate surface area is 134 Å². The number of aliphatic imine (C=N–C) groups is 1. The molecule has 5 nitrogen and oxygen atoms in total. The van der Waals surface area contributed by atoms with E-state index in [9.17, 15) is 18.7 Å². The summed E-state index contributed by atoms with van der Waals surface area (Å²) in [6.07, 6.45) is 2.29.